The molecule has 18 heavy (non-hydrogen) atoms. The lowest BCUT2D eigenvalue weighted by Crippen LogP contribution is -2.45. The second-order valence-corrected chi connectivity index (χ2v) is 5.44. The summed E-state index contributed by atoms with van der Waals surface area (Å²) in [6.45, 7) is 6.31. The summed E-state index contributed by atoms with van der Waals surface area (Å²) in [7, 11) is 0. The third kappa shape index (κ3) is 2.48. The minimum Gasteiger partial charge on any atom is -0.476 e. The third-order valence-corrected chi connectivity index (χ3v) is 3.19. The van der Waals surface area contributed by atoms with E-state index in [1.165, 1.54) is 5.56 Å². The SMILES string of the molecule is CC(CN)Cc1ccc2c(c1)OC(C)(C)C(=O)N2. The minimum absolute atomic E-state index is 0.113. The number of nitrogens with two attached hydrogens (primary N) is 1. The normalized spacial score (nSPS) is 18.6. The van der Waals surface area contributed by atoms with E-state index in [2.05, 4.69) is 12.2 Å². The molecule has 4 nitrogen and oxygen atoms in total. The molecule has 4 heteroatoms. The van der Waals surface area contributed by atoms with E-state index in [0.717, 1.165) is 17.9 Å². The number of anilines is 1. The molecule has 0 aliphatic carbocycles. The summed E-state index contributed by atoms with van der Waals surface area (Å²) in [5.41, 5.74) is 6.73. The van der Waals surface area contributed by atoms with Crippen LogP contribution in [0.5, 0.6) is 5.75 Å². The molecule has 0 saturated carbocycles. The first-order valence-corrected chi connectivity index (χ1v) is 6.26. The van der Waals surface area contributed by atoms with Gasteiger partial charge in [-0.05, 0) is 50.4 Å². The fourth-order valence-corrected chi connectivity index (χ4v) is 1.96. The van der Waals surface area contributed by atoms with E-state index in [9.17, 15) is 4.79 Å². The van der Waals surface area contributed by atoms with Gasteiger partial charge in [0.25, 0.3) is 5.91 Å². The number of rotatable bonds is 3. The number of ether oxygens (including phenoxy) is 1. The zero-order valence-electron chi connectivity index (χ0n) is 11.1. The number of carbonyl (C=O) groups excluding carboxylic acids is 1. The van der Waals surface area contributed by atoms with Gasteiger partial charge in [0.05, 0.1) is 5.69 Å². The lowest BCUT2D eigenvalue weighted by atomic mass is 9.99. The molecule has 3 N–H and O–H groups in total. The van der Waals surface area contributed by atoms with Gasteiger partial charge in [0.2, 0.25) is 0 Å². The Morgan fingerprint density at radius 1 is 1.44 bits per heavy atom. The van der Waals surface area contributed by atoms with Gasteiger partial charge in [0, 0.05) is 0 Å². The number of amides is 1. The molecule has 1 aromatic carbocycles. The van der Waals surface area contributed by atoms with E-state index in [-0.39, 0.29) is 5.91 Å². The molecule has 1 atom stereocenters. The quantitative estimate of drug-likeness (QED) is 0.859. The first-order valence-electron chi connectivity index (χ1n) is 6.26. The molecule has 1 aromatic rings. The van der Waals surface area contributed by atoms with Gasteiger partial charge in [-0.25, -0.2) is 0 Å². The van der Waals surface area contributed by atoms with Gasteiger partial charge in [-0.2, -0.15) is 0 Å². The van der Waals surface area contributed by atoms with Crippen LogP contribution in [0, 0.1) is 5.92 Å². The van der Waals surface area contributed by atoms with Crippen LogP contribution in [0.15, 0.2) is 18.2 Å². The smallest absolute Gasteiger partial charge is 0.268 e. The molecular weight excluding hydrogens is 228 g/mol. The summed E-state index contributed by atoms with van der Waals surface area (Å²) in [5.74, 6) is 1.06. The second kappa shape index (κ2) is 4.61. The molecule has 0 aromatic heterocycles. The van der Waals surface area contributed by atoms with Crippen molar-refractivity contribution in [2.24, 2.45) is 11.7 Å². The molecule has 0 spiro atoms. The van der Waals surface area contributed by atoms with E-state index in [1.54, 1.807) is 13.8 Å². The van der Waals surface area contributed by atoms with Crippen molar-refractivity contribution in [2.75, 3.05) is 11.9 Å². The van der Waals surface area contributed by atoms with Crippen molar-refractivity contribution >= 4 is 11.6 Å². The van der Waals surface area contributed by atoms with Gasteiger partial charge in [-0.3, -0.25) is 4.79 Å². The number of fused-ring (bicyclic) bond motifs is 1. The lowest BCUT2D eigenvalue weighted by Gasteiger charge is -2.31. The molecule has 2 rings (SSSR count). The van der Waals surface area contributed by atoms with Crippen LogP contribution in [0.4, 0.5) is 5.69 Å². The molecule has 1 unspecified atom stereocenters. The minimum atomic E-state index is -0.814. The molecule has 1 amide bonds. The number of nitrogens with one attached hydrogen (secondary N) is 1. The Kier molecular flexibility index (Phi) is 3.30. The van der Waals surface area contributed by atoms with Gasteiger partial charge >= 0.3 is 0 Å². The van der Waals surface area contributed by atoms with Crippen LogP contribution in [0.1, 0.15) is 26.3 Å². The predicted octanol–water partition coefficient (Wildman–Crippen LogP) is 1.93. The Bertz CT molecular complexity index is 469. The van der Waals surface area contributed by atoms with Crippen molar-refractivity contribution in [1.82, 2.24) is 0 Å². The van der Waals surface area contributed by atoms with Crippen LogP contribution < -0.4 is 15.8 Å². The maximum atomic E-state index is 11.7. The second-order valence-electron chi connectivity index (χ2n) is 5.44. The Hall–Kier alpha value is -1.55. The molecular formula is C14H20N2O2. The van der Waals surface area contributed by atoms with Crippen molar-refractivity contribution in [1.29, 1.82) is 0 Å². The molecule has 1 aliphatic heterocycles. The highest BCUT2D eigenvalue weighted by Gasteiger charge is 2.35. The van der Waals surface area contributed by atoms with Crippen LogP contribution in [0.2, 0.25) is 0 Å². The average Bonchev–Trinajstić information content (AvgIpc) is 2.30. The highest BCUT2D eigenvalue weighted by atomic mass is 16.5. The van der Waals surface area contributed by atoms with Crippen molar-refractivity contribution in [3.05, 3.63) is 23.8 Å². The van der Waals surface area contributed by atoms with Crippen molar-refractivity contribution < 1.29 is 9.53 Å². The fraction of sp³-hybridized carbons (Fsp3) is 0.500. The Morgan fingerprint density at radius 3 is 2.83 bits per heavy atom. The highest BCUT2D eigenvalue weighted by Crippen LogP contribution is 2.34. The molecule has 0 fully saturated rings. The highest BCUT2D eigenvalue weighted by molar-refractivity contribution is 6.00. The average molecular weight is 248 g/mol. The lowest BCUT2D eigenvalue weighted by molar-refractivity contribution is -0.129. The summed E-state index contributed by atoms with van der Waals surface area (Å²) in [5, 5.41) is 2.86. The largest absolute Gasteiger partial charge is 0.476 e. The number of hydrogen-bond acceptors (Lipinski definition) is 3. The Balaban J connectivity index is 2.25. The monoisotopic (exact) mass is 248 g/mol. The molecule has 1 heterocycles. The van der Waals surface area contributed by atoms with Crippen LogP contribution in [0.3, 0.4) is 0 Å². The van der Waals surface area contributed by atoms with Crippen molar-refractivity contribution in [2.45, 2.75) is 32.8 Å². The summed E-state index contributed by atoms with van der Waals surface area (Å²) in [6, 6.07) is 5.89. The standard InChI is InChI=1S/C14H20N2O2/c1-9(8-15)6-10-4-5-11-12(7-10)18-14(2,3)13(17)16-11/h4-5,7,9H,6,8,15H2,1-3H3,(H,16,17). The van der Waals surface area contributed by atoms with E-state index < -0.39 is 5.60 Å². The maximum Gasteiger partial charge on any atom is 0.268 e. The summed E-state index contributed by atoms with van der Waals surface area (Å²) < 4.78 is 5.74. The Labute approximate surface area is 108 Å². The molecule has 98 valence electrons. The van der Waals surface area contributed by atoms with E-state index >= 15 is 0 Å². The van der Waals surface area contributed by atoms with Crippen LogP contribution in [-0.2, 0) is 11.2 Å². The number of carbonyl (C=O) groups is 1. The first-order chi connectivity index (χ1) is 8.42. The summed E-state index contributed by atoms with van der Waals surface area (Å²) in [4.78, 5) is 11.7. The molecule has 0 bridgehead atoms. The van der Waals surface area contributed by atoms with E-state index in [4.69, 9.17) is 10.5 Å². The van der Waals surface area contributed by atoms with Gasteiger partial charge in [0.1, 0.15) is 5.75 Å². The fourth-order valence-electron chi connectivity index (χ4n) is 1.96. The van der Waals surface area contributed by atoms with Gasteiger partial charge in [-0.15, -0.1) is 0 Å². The van der Waals surface area contributed by atoms with Crippen LogP contribution in [-0.4, -0.2) is 18.1 Å². The third-order valence-electron chi connectivity index (χ3n) is 3.19. The van der Waals surface area contributed by atoms with Crippen LogP contribution in [0.25, 0.3) is 0 Å². The first kappa shape index (κ1) is 12.9. The zero-order valence-corrected chi connectivity index (χ0v) is 11.1. The Morgan fingerprint density at radius 2 is 2.17 bits per heavy atom. The summed E-state index contributed by atoms with van der Waals surface area (Å²) >= 11 is 0. The molecule has 1 aliphatic rings. The van der Waals surface area contributed by atoms with E-state index in [1.807, 2.05) is 18.2 Å². The molecule has 0 saturated heterocycles. The van der Waals surface area contributed by atoms with Gasteiger partial charge in [0.15, 0.2) is 5.60 Å². The topological polar surface area (TPSA) is 64.3 Å². The summed E-state index contributed by atoms with van der Waals surface area (Å²) in [6.07, 6.45) is 0.918. The maximum absolute atomic E-state index is 11.7. The molecule has 0 radical (unpaired) electrons. The van der Waals surface area contributed by atoms with Crippen molar-refractivity contribution in [3.8, 4) is 5.75 Å². The zero-order chi connectivity index (χ0) is 13.3. The number of benzene rings is 1. The number of hydrogen-bond donors (Lipinski definition) is 2. The van der Waals surface area contributed by atoms with Crippen molar-refractivity contribution in [3.63, 3.8) is 0 Å². The predicted molar refractivity (Wildman–Crippen MR) is 71.7 cm³/mol. The van der Waals surface area contributed by atoms with Gasteiger partial charge in [-0.1, -0.05) is 13.0 Å². The van der Waals surface area contributed by atoms with E-state index in [0.29, 0.717) is 12.5 Å². The van der Waals surface area contributed by atoms with Crippen LogP contribution >= 0.6 is 0 Å². The van der Waals surface area contributed by atoms with Gasteiger partial charge < -0.3 is 15.8 Å².